The zero-order valence-corrected chi connectivity index (χ0v) is 14.9. The van der Waals surface area contributed by atoms with Gasteiger partial charge in [0.1, 0.15) is 23.4 Å². The molecule has 0 spiro atoms. The van der Waals surface area contributed by atoms with E-state index in [0.29, 0.717) is 30.0 Å². The van der Waals surface area contributed by atoms with Crippen molar-refractivity contribution in [1.82, 2.24) is 0 Å². The van der Waals surface area contributed by atoms with Crippen molar-refractivity contribution in [3.63, 3.8) is 0 Å². The molecule has 1 saturated carbocycles. The van der Waals surface area contributed by atoms with Gasteiger partial charge in [0.2, 0.25) is 5.91 Å². The third kappa shape index (κ3) is 3.14. The minimum Gasteiger partial charge on any atom is -0.492 e. The Balaban J connectivity index is 1.52. The maximum absolute atomic E-state index is 13.9. The van der Waals surface area contributed by atoms with E-state index in [1.807, 2.05) is 26.0 Å². The number of amides is 1. The predicted molar refractivity (Wildman–Crippen MR) is 97.3 cm³/mol. The Bertz CT molecular complexity index is 851. The number of carbonyl (C=O) groups is 1. The zero-order chi connectivity index (χ0) is 18.3. The van der Waals surface area contributed by atoms with Gasteiger partial charge in [-0.3, -0.25) is 4.79 Å². The third-order valence-electron chi connectivity index (χ3n) is 4.99. The molecule has 2 aromatic rings. The zero-order valence-electron chi connectivity index (χ0n) is 14.9. The highest BCUT2D eigenvalue weighted by molar-refractivity contribution is 5.96. The molecule has 2 aromatic carbocycles. The summed E-state index contributed by atoms with van der Waals surface area (Å²) in [6.45, 7) is 4.44. The quantitative estimate of drug-likeness (QED) is 0.870. The molecule has 1 aliphatic heterocycles. The Labute approximate surface area is 152 Å². The van der Waals surface area contributed by atoms with Crippen LogP contribution in [0.5, 0.6) is 11.5 Å². The summed E-state index contributed by atoms with van der Waals surface area (Å²) in [6, 6.07) is 10.4. The number of benzene rings is 2. The van der Waals surface area contributed by atoms with Crippen LogP contribution in [0, 0.1) is 11.7 Å². The van der Waals surface area contributed by atoms with Gasteiger partial charge in [-0.25, -0.2) is 4.39 Å². The summed E-state index contributed by atoms with van der Waals surface area (Å²) in [5, 5.41) is 2.95. The van der Waals surface area contributed by atoms with Crippen LogP contribution in [0.25, 0.3) is 0 Å². The Kier molecular flexibility index (Phi) is 4.31. The van der Waals surface area contributed by atoms with Crippen LogP contribution in [0.1, 0.15) is 37.3 Å². The topological polar surface area (TPSA) is 47.6 Å². The average Bonchev–Trinajstić information content (AvgIpc) is 3.32. The van der Waals surface area contributed by atoms with Crippen LogP contribution >= 0.6 is 0 Å². The van der Waals surface area contributed by atoms with E-state index >= 15 is 0 Å². The van der Waals surface area contributed by atoms with Gasteiger partial charge in [-0.2, -0.15) is 0 Å². The molecule has 0 saturated heterocycles. The first-order chi connectivity index (χ1) is 12.6. The van der Waals surface area contributed by atoms with E-state index in [2.05, 4.69) is 5.32 Å². The van der Waals surface area contributed by atoms with E-state index in [1.165, 1.54) is 6.07 Å². The maximum atomic E-state index is 13.9. The fourth-order valence-corrected chi connectivity index (χ4v) is 3.64. The molecule has 1 heterocycles. The molecule has 1 fully saturated rings. The maximum Gasteiger partial charge on any atom is 0.228 e. The number of hydrogen-bond acceptors (Lipinski definition) is 3. The molecule has 1 N–H and O–H groups in total. The monoisotopic (exact) mass is 355 g/mol. The smallest absolute Gasteiger partial charge is 0.228 e. The molecule has 26 heavy (non-hydrogen) atoms. The van der Waals surface area contributed by atoms with Crippen molar-refractivity contribution < 1.29 is 18.7 Å². The lowest BCUT2D eigenvalue weighted by Gasteiger charge is -2.13. The lowest BCUT2D eigenvalue weighted by Crippen LogP contribution is -2.15. The first kappa shape index (κ1) is 16.9. The largest absolute Gasteiger partial charge is 0.492 e. The highest BCUT2D eigenvalue weighted by Gasteiger charge is 2.45. The van der Waals surface area contributed by atoms with Crippen LogP contribution in [-0.4, -0.2) is 18.6 Å². The second kappa shape index (κ2) is 6.63. The highest BCUT2D eigenvalue weighted by atomic mass is 19.1. The number of carbonyl (C=O) groups excluding carboxylic acids is 1. The molecular weight excluding hydrogens is 333 g/mol. The SMILES string of the molecule is CCOc1cc2c(cc1NC(=O)C1CC1c1ccccc1F)OC(C)C2. The molecule has 0 aromatic heterocycles. The summed E-state index contributed by atoms with van der Waals surface area (Å²) in [6.07, 6.45) is 1.62. The van der Waals surface area contributed by atoms with Gasteiger partial charge in [0.15, 0.2) is 0 Å². The van der Waals surface area contributed by atoms with Gasteiger partial charge in [-0.15, -0.1) is 0 Å². The second-order valence-corrected chi connectivity index (χ2v) is 6.98. The molecule has 136 valence electrons. The Hall–Kier alpha value is -2.56. The average molecular weight is 355 g/mol. The van der Waals surface area contributed by atoms with Crippen LogP contribution in [0.4, 0.5) is 10.1 Å². The minimum atomic E-state index is -0.247. The Morgan fingerprint density at radius 1 is 1.35 bits per heavy atom. The van der Waals surface area contributed by atoms with Crippen molar-refractivity contribution in [3.8, 4) is 11.5 Å². The minimum absolute atomic E-state index is 0.0579. The van der Waals surface area contributed by atoms with E-state index in [-0.39, 0.29) is 29.7 Å². The standard InChI is InChI=1S/C21H22FNO3/c1-3-25-20-9-13-8-12(2)26-19(13)11-18(20)23-21(24)16-10-15(16)14-6-4-5-7-17(14)22/h4-7,9,11-12,15-16H,3,8,10H2,1-2H3,(H,23,24). The van der Waals surface area contributed by atoms with Crippen LogP contribution < -0.4 is 14.8 Å². The molecule has 0 radical (unpaired) electrons. The highest BCUT2D eigenvalue weighted by Crippen LogP contribution is 2.49. The van der Waals surface area contributed by atoms with Crippen molar-refractivity contribution in [2.24, 2.45) is 5.92 Å². The van der Waals surface area contributed by atoms with E-state index in [0.717, 1.165) is 17.7 Å². The van der Waals surface area contributed by atoms with Crippen molar-refractivity contribution in [1.29, 1.82) is 0 Å². The molecule has 4 nitrogen and oxygen atoms in total. The number of anilines is 1. The van der Waals surface area contributed by atoms with Crippen molar-refractivity contribution in [2.75, 3.05) is 11.9 Å². The number of nitrogens with one attached hydrogen (secondary N) is 1. The van der Waals surface area contributed by atoms with Gasteiger partial charge >= 0.3 is 0 Å². The number of rotatable bonds is 5. The fraction of sp³-hybridized carbons (Fsp3) is 0.381. The first-order valence-electron chi connectivity index (χ1n) is 9.08. The van der Waals surface area contributed by atoms with E-state index < -0.39 is 0 Å². The Morgan fingerprint density at radius 2 is 2.15 bits per heavy atom. The first-order valence-corrected chi connectivity index (χ1v) is 9.08. The molecule has 1 aliphatic carbocycles. The van der Waals surface area contributed by atoms with Crippen LogP contribution in [0.15, 0.2) is 36.4 Å². The third-order valence-corrected chi connectivity index (χ3v) is 4.99. The van der Waals surface area contributed by atoms with Gasteiger partial charge in [-0.1, -0.05) is 18.2 Å². The van der Waals surface area contributed by atoms with Gasteiger partial charge in [0.25, 0.3) is 0 Å². The molecule has 1 amide bonds. The van der Waals surface area contributed by atoms with Crippen molar-refractivity contribution >= 4 is 11.6 Å². The summed E-state index contributed by atoms with van der Waals surface area (Å²) in [5.74, 6) is 0.818. The van der Waals surface area contributed by atoms with Crippen LogP contribution in [0.2, 0.25) is 0 Å². The van der Waals surface area contributed by atoms with E-state index in [1.54, 1.807) is 18.2 Å². The molecule has 4 rings (SSSR count). The van der Waals surface area contributed by atoms with Crippen LogP contribution in [0.3, 0.4) is 0 Å². The predicted octanol–water partition coefficient (Wildman–Crippen LogP) is 4.29. The summed E-state index contributed by atoms with van der Waals surface area (Å²) in [4.78, 5) is 12.7. The number of fused-ring (bicyclic) bond motifs is 1. The van der Waals surface area contributed by atoms with Gasteiger partial charge in [-0.05, 0) is 43.9 Å². The molecule has 2 aliphatic rings. The van der Waals surface area contributed by atoms with Crippen molar-refractivity contribution in [2.45, 2.75) is 38.7 Å². The number of hydrogen-bond donors (Lipinski definition) is 1. The molecule has 3 atom stereocenters. The van der Waals surface area contributed by atoms with Gasteiger partial charge < -0.3 is 14.8 Å². The van der Waals surface area contributed by atoms with Gasteiger partial charge in [0.05, 0.1) is 12.3 Å². The van der Waals surface area contributed by atoms with Gasteiger partial charge in [0, 0.05) is 24.0 Å². The number of ether oxygens (including phenoxy) is 2. The molecule has 5 heteroatoms. The summed E-state index contributed by atoms with van der Waals surface area (Å²) in [7, 11) is 0. The number of halogens is 1. The Morgan fingerprint density at radius 3 is 2.92 bits per heavy atom. The van der Waals surface area contributed by atoms with E-state index in [4.69, 9.17) is 9.47 Å². The lowest BCUT2D eigenvalue weighted by atomic mass is 10.1. The van der Waals surface area contributed by atoms with Crippen molar-refractivity contribution in [3.05, 3.63) is 53.3 Å². The fourth-order valence-electron chi connectivity index (χ4n) is 3.64. The molecular formula is C21H22FNO3. The summed E-state index contributed by atoms with van der Waals surface area (Å²) in [5.41, 5.74) is 2.32. The summed E-state index contributed by atoms with van der Waals surface area (Å²) >= 11 is 0. The van der Waals surface area contributed by atoms with E-state index in [9.17, 15) is 9.18 Å². The second-order valence-electron chi connectivity index (χ2n) is 6.98. The summed E-state index contributed by atoms with van der Waals surface area (Å²) < 4.78 is 25.4. The van der Waals surface area contributed by atoms with Crippen LogP contribution in [-0.2, 0) is 11.2 Å². The lowest BCUT2D eigenvalue weighted by molar-refractivity contribution is -0.117. The molecule has 3 unspecified atom stereocenters. The normalized spacial score (nSPS) is 23.1. The molecule has 0 bridgehead atoms.